The van der Waals surface area contributed by atoms with E-state index >= 15 is 0 Å². The predicted molar refractivity (Wildman–Crippen MR) is 99.2 cm³/mol. The van der Waals surface area contributed by atoms with Gasteiger partial charge in [-0.1, -0.05) is 30.3 Å². The zero-order valence-corrected chi connectivity index (χ0v) is 14.5. The first kappa shape index (κ1) is 19.6. The quantitative estimate of drug-likeness (QED) is 0.413. The van der Waals surface area contributed by atoms with Gasteiger partial charge in [0.25, 0.3) is 5.91 Å². The van der Waals surface area contributed by atoms with Gasteiger partial charge in [-0.2, -0.15) is 0 Å². The number of carbonyl (C=O) groups is 1. The minimum Gasteiger partial charge on any atom is -0.350 e. The van der Waals surface area contributed by atoms with Gasteiger partial charge in [0, 0.05) is 23.8 Å². The van der Waals surface area contributed by atoms with Crippen molar-refractivity contribution in [1.82, 2.24) is 16.2 Å². The van der Waals surface area contributed by atoms with Crippen LogP contribution in [0.5, 0.6) is 0 Å². The lowest BCUT2D eigenvalue weighted by Gasteiger charge is -2.09. The summed E-state index contributed by atoms with van der Waals surface area (Å²) in [6.07, 6.45) is 0. The van der Waals surface area contributed by atoms with Crippen LogP contribution in [0.3, 0.4) is 0 Å². The van der Waals surface area contributed by atoms with Crippen molar-refractivity contribution in [2.45, 2.75) is 26.4 Å². The number of carbonyl (C=O) groups excluding carboxylic acids is 1. The zero-order chi connectivity index (χ0) is 17.8. The van der Waals surface area contributed by atoms with Gasteiger partial charge in [0.2, 0.25) is 0 Å². The van der Waals surface area contributed by atoms with Gasteiger partial charge in [-0.15, -0.1) is 0 Å². The second kappa shape index (κ2) is 11.2. The molecule has 0 fully saturated rings. The molecule has 2 rings (SSSR count). The van der Waals surface area contributed by atoms with E-state index in [1.807, 2.05) is 75.5 Å². The van der Waals surface area contributed by atoms with E-state index in [1.54, 1.807) is 0 Å². The number of amides is 1. The number of nitrogens with one attached hydrogen (secondary N) is 4. The Hall–Kier alpha value is -2.41. The first-order valence-corrected chi connectivity index (χ1v) is 7.88. The van der Waals surface area contributed by atoms with Gasteiger partial charge in [0.05, 0.1) is 0 Å². The number of hydrogen-bond donors (Lipinski definition) is 5. The molecule has 6 N–H and O–H groups in total. The Morgan fingerprint density at radius 1 is 1.04 bits per heavy atom. The summed E-state index contributed by atoms with van der Waals surface area (Å²) in [6.45, 7) is 4.63. The molecular formula is C18H27N5O. The normalized spacial score (nSPS) is 9.88. The molecule has 0 bridgehead atoms. The van der Waals surface area contributed by atoms with Crippen LogP contribution in [0.2, 0.25) is 0 Å². The molecule has 6 nitrogen and oxygen atoms in total. The maximum atomic E-state index is 11.6. The lowest BCUT2D eigenvalue weighted by molar-refractivity contribution is 0.0943. The summed E-state index contributed by atoms with van der Waals surface area (Å²) in [5, 5.41) is 2.85. The Morgan fingerprint density at radius 2 is 1.67 bits per heavy atom. The van der Waals surface area contributed by atoms with Crippen LogP contribution in [-0.4, -0.2) is 19.0 Å². The van der Waals surface area contributed by atoms with E-state index in [0.29, 0.717) is 5.56 Å². The maximum Gasteiger partial charge on any atom is 0.251 e. The second-order valence-corrected chi connectivity index (χ2v) is 5.44. The van der Waals surface area contributed by atoms with Crippen LogP contribution in [-0.2, 0) is 6.54 Å². The fraction of sp³-hybridized carbons (Fsp3) is 0.278. The maximum absolute atomic E-state index is 11.6. The summed E-state index contributed by atoms with van der Waals surface area (Å²) in [6, 6.07) is 17.3. The Morgan fingerprint density at radius 3 is 2.12 bits per heavy atom. The minimum atomic E-state index is -0.0249. The number of nitrogen functional groups attached to an aromatic ring is 1. The van der Waals surface area contributed by atoms with Crippen molar-refractivity contribution in [2.24, 2.45) is 5.84 Å². The summed E-state index contributed by atoms with van der Waals surface area (Å²) < 4.78 is 0. The van der Waals surface area contributed by atoms with E-state index in [9.17, 15) is 4.79 Å². The Labute approximate surface area is 143 Å². The van der Waals surface area contributed by atoms with E-state index in [-0.39, 0.29) is 11.9 Å². The highest BCUT2D eigenvalue weighted by Crippen LogP contribution is 2.04. The smallest absolute Gasteiger partial charge is 0.251 e. The number of benzene rings is 2. The van der Waals surface area contributed by atoms with Gasteiger partial charge < -0.3 is 10.7 Å². The fourth-order valence-corrected chi connectivity index (χ4v) is 1.84. The van der Waals surface area contributed by atoms with Crippen molar-refractivity contribution in [3.63, 3.8) is 0 Å². The lowest BCUT2D eigenvalue weighted by Crippen LogP contribution is -2.30. The first-order valence-electron chi connectivity index (χ1n) is 7.88. The van der Waals surface area contributed by atoms with Gasteiger partial charge >= 0.3 is 0 Å². The fourth-order valence-electron chi connectivity index (χ4n) is 1.84. The average molecular weight is 329 g/mol. The molecule has 2 aromatic carbocycles. The van der Waals surface area contributed by atoms with Crippen molar-refractivity contribution in [1.29, 1.82) is 0 Å². The molecule has 0 radical (unpaired) electrons. The highest BCUT2D eigenvalue weighted by atomic mass is 16.1. The second-order valence-electron chi connectivity index (χ2n) is 5.44. The largest absolute Gasteiger partial charge is 0.350 e. The molecular weight excluding hydrogens is 302 g/mol. The third-order valence-corrected chi connectivity index (χ3v) is 3.05. The molecule has 0 saturated heterocycles. The molecule has 0 aromatic heterocycles. The summed E-state index contributed by atoms with van der Waals surface area (Å²) in [7, 11) is 1.82. The highest BCUT2D eigenvalue weighted by molar-refractivity contribution is 5.94. The van der Waals surface area contributed by atoms with Crippen molar-refractivity contribution in [3.8, 4) is 0 Å². The average Bonchev–Trinajstić information content (AvgIpc) is 2.61. The summed E-state index contributed by atoms with van der Waals surface area (Å²) >= 11 is 0. The third kappa shape index (κ3) is 7.73. The van der Waals surface area contributed by atoms with Gasteiger partial charge in [-0.25, -0.2) is 0 Å². The van der Waals surface area contributed by atoms with Crippen LogP contribution in [0.4, 0.5) is 5.69 Å². The topological polar surface area (TPSA) is 91.2 Å². The molecule has 0 heterocycles. The number of anilines is 1. The molecule has 0 aliphatic carbocycles. The number of rotatable bonds is 6. The Bertz CT molecular complexity index is 584. The molecule has 0 aliphatic heterocycles. The summed E-state index contributed by atoms with van der Waals surface area (Å²) in [5.41, 5.74) is 11.1. The van der Waals surface area contributed by atoms with E-state index in [0.717, 1.165) is 17.8 Å². The van der Waals surface area contributed by atoms with Crippen LogP contribution in [0, 0.1) is 0 Å². The Kier molecular flexibility index (Phi) is 9.14. The molecule has 1 amide bonds. The monoisotopic (exact) mass is 329 g/mol. The van der Waals surface area contributed by atoms with Crippen LogP contribution in [0.1, 0.15) is 29.8 Å². The Balaban J connectivity index is 0.000000300. The molecule has 24 heavy (non-hydrogen) atoms. The number of hydrazine groups is 2. The summed E-state index contributed by atoms with van der Waals surface area (Å²) in [4.78, 5) is 11.6. The van der Waals surface area contributed by atoms with Crippen molar-refractivity contribution >= 4 is 11.6 Å². The molecule has 0 aliphatic rings. The van der Waals surface area contributed by atoms with Crippen LogP contribution in [0.15, 0.2) is 54.6 Å². The van der Waals surface area contributed by atoms with E-state index < -0.39 is 0 Å². The molecule has 130 valence electrons. The molecule has 6 heteroatoms. The van der Waals surface area contributed by atoms with E-state index in [4.69, 9.17) is 5.84 Å². The third-order valence-electron chi connectivity index (χ3n) is 3.05. The predicted octanol–water partition coefficient (Wildman–Crippen LogP) is 2.02. The van der Waals surface area contributed by atoms with Crippen molar-refractivity contribution in [2.75, 3.05) is 12.5 Å². The zero-order valence-electron chi connectivity index (χ0n) is 14.5. The van der Waals surface area contributed by atoms with Gasteiger partial charge in [-0.05, 0) is 50.7 Å². The van der Waals surface area contributed by atoms with Gasteiger partial charge in [0.1, 0.15) is 0 Å². The molecule has 0 atom stereocenters. The number of nitrogens with two attached hydrogens (primary N) is 1. The van der Waals surface area contributed by atoms with E-state index in [2.05, 4.69) is 21.6 Å². The SMILES string of the molecule is CNNCc1ccc(C(=O)NC(C)C)cc1.NNc1ccccc1. The minimum absolute atomic E-state index is 0.0249. The van der Waals surface area contributed by atoms with Gasteiger partial charge in [0.15, 0.2) is 0 Å². The number of hydrogen-bond acceptors (Lipinski definition) is 5. The highest BCUT2D eigenvalue weighted by Gasteiger charge is 2.05. The molecule has 0 spiro atoms. The van der Waals surface area contributed by atoms with Crippen molar-refractivity contribution < 1.29 is 4.79 Å². The molecule has 0 unspecified atom stereocenters. The number of para-hydroxylation sites is 1. The molecule has 2 aromatic rings. The van der Waals surface area contributed by atoms with Crippen molar-refractivity contribution in [3.05, 3.63) is 65.7 Å². The molecule has 0 saturated carbocycles. The summed E-state index contributed by atoms with van der Waals surface area (Å²) in [5.74, 6) is 5.07. The van der Waals surface area contributed by atoms with Crippen LogP contribution < -0.4 is 27.4 Å². The first-order chi connectivity index (χ1) is 11.6. The standard InChI is InChI=1S/C12H19N3O.C6H8N2/c1-9(2)15-12(16)11-6-4-10(5-7-11)8-14-13-3;7-8-6-4-2-1-3-5-6/h4-7,9,13-14H,8H2,1-3H3,(H,15,16);1-5,8H,7H2. The lowest BCUT2D eigenvalue weighted by atomic mass is 10.1. The van der Waals surface area contributed by atoms with Gasteiger partial charge in [-0.3, -0.25) is 21.5 Å². The van der Waals surface area contributed by atoms with E-state index in [1.165, 1.54) is 0 Å². The van der Waals surface area contributed by atoms with Crippen LogP contribution in [0.25, 0.3) is 0 Å². The van der Waals surface area contributed by atoms with Crippen LogP contribution >= 0.6 is 0 Å².